The largest absolute Gasteiger partial charge is 0.497 e. The number of ether oxygens (including phenoxy) is 2. The van der Waals surface area contributed by atoms with Crippen molar-refractivity contribution in [2.24, 2.45) is 0 Å². The molecule has 1 heterocycles. The van der Waals surface area contributed by atoms with Crippen LogP contribution in [-0.4, -0.2) is 18.8 Å². The van der Waals surface area contributed by atoms with Gasteiger partial charge in [-0.25, -0.2) is 0 Å². The van der Waals surface area contributed by atoms with Gasteiger partial charge in [-0.15, -0.1) is 0 Å². The minimum absolute atomic E-state index is 0.822. The van der Waals surface area contributed by atoms with E-state index in [4.69, 9.17) is 9.47 Å². The van der Waals surface area contributed by atoms with E-state index in [0.717, 1.165) is 51.2 Å². The molecule has 0 radical (unpaired) electrons. The Balaban J connectivity index is 1.30. The molecule has 6 aromatic carbocycles. The average molecular weight is 613 g/mol. The fraction of sp³-hybridized carbons (Fsp3) is 0.0698. The predicted octanol–water partition coefficient (Wildman–Crippen LogP) is 11.3. The van der Waals surface area contributed by atoms with Crippen LogP contribution in [-0.2, 0) is 0 Å². The van der Waals surface area contributed by atoms with Crippen LogP contribution in [0.5, 0.6) is 11.5 Å². The highest BCUT2D eigenvalue weighted by Crippen LogP contribution is 2.39. The van der Waals surface area contributed by atoms with Crippen LogP contribution in [0.15, 0.2) is 164 Å². The van der Waals surface area contributed by atoms with Gasteiger partial charge in [0.05, 0.1) is 25.6 Å². The molecule has 0 fully saturated rings. The lowest BCUT2D eigenvalue weighted by molar-refractivity contribution is 0.415. The summed E-state index contributed by atoms with van der Waals surface area (Å²) >= 11 is 0. The minimum atomic E-state index is 0.822. The van der Waals surface area contributed by atoms with Crippen LogP contribution < -0.4 is 14.4 Å². The highest BCUT2D eigenvalue weighted by Gasteiger charge is 2.17. The lowest BCUT2D eigenvalue weighted by Gasteiger charge is -2.26. The van der Waals surface area contributed by atoms with Gasteiger partial charge < -0.3 is 18.9 Å². The van der Waals surface area contributed by atoms with Gasteiger partial charge in [-0.05, 0) is 120 Å². The Hall–Kier alpha value is -6.00. The maximum atomic E-state index is 5.43. The molecule has 0 spiro atoms. The van der Waals surface area contributed by atoms with Gasteiger partial charge in [0.15, 0.2) is 0 Å². The molecule has 0 saturated heterocycles. The van der Waals surface area contributed by atoms with Gasteiger partial charge >= 0.3 is 0 Å². The Morgan fingerprint density at radius 1 is 0.447 bits per heavy atom. The van der Waals surface area contributed by atoms with E-state index in [9.17, 15) is 0 Å². The Labute approximate surface area is 276 Å². The molecular weight excluding hydrogens is 576 g/mol. The summed E-state index contributed by atoms with van der Waals surface area (Å²) in [7, 11) is 3.38. The molecule has 7 aromatic rings. The second-order valence-corrected chi connectivity index (χ2v) is 11.4. The quantitative estimate of drug-likeness (QED) is 0.162. The number of hydrogen-bond donors (Lipinski definition) is 0. The number of aryl methyl sites for hydroxylation is 1. The monoisotopic (exact) mass is 612 g/mol. The number of nitrogens with zero attached hydrogens (tertiary/aromatic N) is 2. The Morgan fingerprint density at radius 2 is 0.894 bits per heavy atom. The average Bonchev–Trinajstić information content (AvgIpc) is 3.59. The van der Waals surface area contributed by atoms with Gasteiger partial charge in [-0.1, -0.05) is 78.9 Å². The van der Waals surface area contributed by atoms with Crippen molar-refractivity contribution < 1.29 is 9.47 Å². The zero-order valence-corrected chi connectivity index (χ0v) is 26.8. The van der Waals surface area contributed by atoms with Crippen molar-refractivity contribution in [1.29, 1.82) is 0 Å². The standard InChI is InChI=1S/C43H36N2O2/c1-31-14-17-38(45-42(33-10-6-4-7-11-33)28-29-43(45)34-12-8-5-9-13-34)30-41(31)32-15-18-35(19-16-32)44(36-20-24-39(46-2)25-21-36)37-22-26-40(47-3)27-23-37/h4-30H,1-3H3. The van der Waals surface area contributed by atoms with E-state index in [-0.39, 0.29) is 0 Å². The minimum Gasteiger partial charge on any atom is -0.497 e. The molecule has 4 nitrogen and oxygen atoms in total. The van der Waals surface area contributed by atoms with Crippen molar-refractivity contribution in [1.82, 2.24) is 4.57 Å². The van der Waals surface area contributed by atoms with Gasteiger partial charge in [0, 0.05) is 22.7 Å². The van der Waals surface area contributed by atoms with Crippen molar-refractivity contribution in [2.75, 3.05) is 19.1 Å². The van der Waals surface area contributed by atoms with E-state index in [1.165, 1.54) is 22.3 Å². The van der Waals surface area contributed by atoms with E-state index in [0.29, 0.717) is 0 Å². The van der Waals surface area contributed by atoms with Crippen molar-refractivity contribution in [3.05, 3.63) is 169 Å². The first kappa shape index (κ1) is 29.7. The number of methoxy groups -OCH3 is 2. The highest BCUT2D eigenvalue weighted by molar-refractivity contribution is 5.80. The molecule has 0 atom stereocenters. The summed E-state index contributed by atoms with van der Waals surface area (Å²) in [6.45, 7) is 2.18. The third kappa shape index (κ3) is 6.01. The predicted molar refractivity (Wildman–Crippen MR) is 195 cm³/mol. The third-order valence-corrected chi connectivity index (χ3v) is 8.60. The van der Waals surface area contributed by atoms with Gasteiger partial charge in [0.25, 0.3) is 0 Å². The normalized spacial score (nSPS) is 10.9. The van der Waals surface area contributed by atoms with Crippen LogP contribution in [0, 0.1) is 6.92 Å². The van der Waals surface area contributed by atoms with E-state index >= 15 is 0 Å². The topological polar surface area (TPSA) is 26.6 Å². The van der Waals surface area contributed by atoms with Gasteiger partial charge in [0.2, 0.25) is 0 Å². The zero-order chi connectivity index (χ0) is 32.2. The SMILES string of the molecule is COc1ccc(N(c2ccc(OC)cc2)c2ccc(-c3cc(-n4c(-c5ccccc5)ccc4-c4ccccc4)ccc3C)cc2)cc1. The smallest absolute Gasteiger partial charge is 0.119 e. The third-order valence-electron chi connectivity index (χ3n) is 8.60. The summed E-state index contributed by atoms with van der Waals surface area (Å²) in [6.07, 6.45) is 0. The fourth-order valence-corrected chi connectivity index (χ4v) is 6.14. The summed E-state index contributed by atoms with van der Waals surface area (Å²) in [5, 5.41) is 0. The van der Waals surface area contributed by atoms with Crippen LogP contribution in [0.25, 0.3) is 39.3 Å². The maximum absolute atomic E-state index is 5.43. The van der Waals surface area contributed by atoms with Crippen molar-refractivity contribution in [3.8, 4) is 50.8 Å². The molecular formula is C43H36N2O2. The fourth-order valence-electron chi connectivity index (χ4n) is 6.14. The second kappa shape index (κ2) is 13.2. The molecule has 47 heavy (non-hydrogen) atoms. The number of aromatic nitrogens is 1. The molecule has 0 aliphatic rings. The molecule has 0 bridgehead atoms. The summed E-state index contributed by atoms with van der Waals surface area (Å²) in [6, 6.07) is 57.5. The first-order valence-electron chi connectivity index (χ1n) is 15.8. The molecule has 4 heteroatoms. The van der Waals surface area contributed by atoms with E-state index in [1.54, 1.807) is 14.2 Å². The van der Waals surface area contributed by atoms with E-state index in [2.05, 4.69) is 156 Å². The zero-order valence-electron chi connectivity index (χ0n) is 26.8. The summed E-state index contributed by atoms with van der Waals surface area (Å²) in [5.41, 5.74) is 12.5. The summed E-state index contributed by atoms with van der Waals surface area (Å²) < 4.78 is 13.2. The molecule has 7 rings (SSSR count). The van der Waals surface area contributed by atoms with E-state index in [1.807, 2.05) is 24.3 Å². The first-order valence-corrected chi connectivity index (χ1v) is 15.8. The second-order valence-electron chi connectivity index (χ2n) is 11.4. The van der Waals surface area contributed by atoms with Crippen LogP contribution in [0.4, 0.5) is 17.1 Å². The molecule has 0 amide bonds. The molecule has 0 aliphatic heterocycles. The van der Waals surface area contributed by atoms with Crippen molar-refractivity contribution in [2.45, 2.75) is 6.92 Å². The highest BCUT2D eigenvalue weighted by atomic mass is 16.5. The van der Waals surface area contributed by atoms with Gasteiger partial charge in [-0.2, -0.15) is 0 Å². The molecule has 0 N–H and O–H groups in total. The van der Waals surface area contributed by atoms with Crippen molar-refractivity contribution in [3.63, 3.8) is 0 Å². The van der Waals surface area contributed by atoms with Crippen LogP contribution >= 0.6 is 0 Å². The number of anilines is 3. The lowest BCUT2D eigenvalue weighted by Crippen LogP contribution is -2.09. The van der Waals surface area contributed by atoms with Crippen LogP contribution in [0.2, 0.25) is 0 Å². The number of hydrogen-bond acceptors (Lipinski definition) is 3. The van der Waals surface area contributed by atoms with Crippen LogP contribution in [0.1, 0.15) is 5.56 Å². The van der Waals surface area contributed by atoms with E-state index < -0.39 is 0 Å². The first-order chi connectivity index (χ1) is 23.1. The van der Waals surface area contributed by atoms with Gasteiger partial charge in [-0.3, -0.25) is 0 Å². The molecule has 0 saturated carbocycles. The summed E-state index contributed by atoms with van der Waals surface area (Å²) in [5.74, 6) is 1.64. The Kier molecular flexibility index (Phi) is 8.31. The summed E-state index contributed by atoms with van der Waals surface area (Å²) in [4.78, 5) is 2.24. The van der Waals surface area contributed by atoms with Gasteiger partial charge in [0.1, 0.15) is 11.5 Å². The van der Waals surface area contributed by atoms with Crippen LogP contribution in [0.3, 0.4) is 0 Å². The number of benzene rings is 6. The molecule has 1 aromatic heterocycles. The Morgan fingerprint density at radius 3 is 1.34 bits per heavy atom. The molecule has 0 aliphatic carbocycles. The molecule has 0 unspecified atom stereocenters. The Bertz CT molecular complexity index is 1980. The molecule has 230 valence electrons. The lowest BCUT2D eigenvalue weighted by atomic mass is 9.99. The maximum Gasteiger partial charge on any atom is 0.119 e. The van der Waals surface area contributed by atoms with Crippen molar-refractivity contribution >= 4 is 17.1 Å². The number of rotatable bonds is 9.